The van der Waals surface area contributed by atoms with Gasteiger partial charge in [-0.2, -0.15) is 0 Å². The number of nitrogen functional groups attached to an aromatic ring is 1. The Labute approximate surface area is 199 Å². The maximum absolute atomic E-state index is 13.1. The van der Waals surface area contributed by atoms with Crippen LogP contribution in [0.5, 0.6) is 0 Å². The van der Waals surface area contributed by atoms with Gasteiger partial charge in [0.2, 0.25) is 0 Å². The van der Waals surface area contributed by atoms with Crippen LogP contribution in [0.25, 0.3) is 22.3 Å². The Morgan fingerprint density at radius 2 is 2.03 bits per heavy atom. The van der Waals surface area contributed by atoms with Gasteiger partial charge in [0.25, 0.3) is 6.71 Å². The number of rotatable bonds is 7. The van der Waals surface area contributed by atoms with Gasteiger partial charge in [0.15, 0.2) is 0 Å². The van der Waals surface area contributed by atoms with Gasteiger partial charge in [0.1, 0.15) is 5.82 Å². The maximum Gasteiger partial charge on any atom is 0.279 e. The smallest absolute Gasteiger partial charge is 0.279 e. The molecule has 1 aliphatic carbocycles. The lowest BCUT2D eigenvalue weighted by Gasteiger charge is -2.23. The van der Waals surface area contributed by atoms with E-state index in [4.69, 9.17) is 15.7 Å². The van der Waals surface area contributed by atoms with E-state index in [9.17, 15) is 9.65 Å². The van der Waals surface area contributed by atoms with Crippen molar-refractivity contribution >= 4 is 35.5 Å². The summed E-state index contributed by atoms with van der Waals surface area (Å²) >= 11 is 0. The van der Waals surface area contributed by atoms with Gasteiger partial charge in [-0.1, -0.05) is 18.9 Å². The first-order chi connectivity index (χ1) is 16.6. The van der Waals surface area contributed by atoms with Crippen LogP contribution in [0.1, 0.15) is 31.2 Å². The van der Waals surface area contributed by atoms with Gasteiger partial charge in [0.05, 0.1) is 23.4 Å². The summed E-state index contributed by atoms with van der Waals surface area (Å²) in [6.07, 6.45) is 5.17. The summed E-state index contributed by atoms with van der Waals surface area (Å²) in [4.78, 5) is 16.0. The number of anilines is 2. The van der Waals surface area contributed by atoms with Gasteiger partial charge < -0.3 is 10.6 Å². The lowest BCUT2D eigenvalue weighted by Crippen LogP contribution is -2.30. The zero-order valence-corrected chi connectivity index (χ0v) is 19.4. The number of nitrogens with zero attached hydrogens (tertiary/aromatic N) is 5. The van der Waals surface area contributed by atoms with Crippen LogP contribution in [-0.4, -0.2) is 49.7 Å². The van der Waals surface area contributed by atoms with Gasteiger partial charge >= 0.3 is 0 Å². The predicted molar refractivity (Wildman–Crippen MR) is 137 cm³/mol. The minimum atomic E-state index is -0.334. The van der Waals surface area contributed by atoms with E-state index in [1.54, 1.807) is 13.3 Å². The van der Waals surface area contributed by atoms with Gasteiger partial charge in [0, 0.05) is 49.1 Å². The standard InChI is InChI=1S/C26H28BFN6/c1-31-15-19-14-18(2-3-21(19)30)22-4-5-24-23(32-22)6-7-25(33-24)34-13-8-20(16-34)27(17-29)26(9-10-26)11-12-28/h2-7,14-15,20H,8-13,16,30H2,1H3. The summed E-state index contributed by atoms with van der Waals surface area (Å²) in [5.74, 6) is 3.71. The number of nitriles is 1. The molecular formula is C26H28BFN6. The van der Waals surface area contributed by atoms with E-state index in [-0.39, 0.29) is 24.5 Å². The van der Waals surface area contributed by atoms with Crippen LogP contribution in [0.2, 0.25) is 11.1 Å². The number of pyridine rings is 2. The van der Waals surface area contributed by atoms with Crippen LogP contribution in [0.15, 0.2) is 47.5 Å². The molecule has 34 heavy (non-hydrogen) atoms. The second-order valence-corrected chi connectivity index (χ2v) is 9.54. The van der Waals surface area contributed by atoms with Gasteiger partial charge in [-0.25, -0.2) is 15.2 Å². The van der Waals surface area contributed by atoms with Crippen molar-refractivity contribution in [2.45, 2.75) is 36.8 Å². The molecule has 3 heterocycles. The summed E-state index contributed by atoms with van der Waals surface area (Å²) in [7, 11) is 1.72. The van der Waals surface area contributed by atoms with Crippen molar-refractivity contribution in [1.29, 1.82) is 5.26 Å². The molecule has 0 amide bonds. The van der Waals surface area contributed by atoms with Gasteiger partial charge in [-0.05, 0) is 60.4 Å². The van der Waals surface area contributed by atoms with E-state index in [0.717, 1.165) is 66.0 Å². The van der Waals surface area contributed by atoms with E-state index in [1.165, 1.54) is 0 Å². The number of aliphatic imine (C=N–C) groups is 1. The molecule has 172 valence electrons. The van der Waals surface area contributed by atoms with Gasteiger partial charge in [-0.15, -0.1) is 0 Å². The van der Waals surface area contributed by atoms with Crippen molar-refractivity contribution in [1.82, 2.24) is 9.97 Å². The molecule has 2 fully saturated rings. The molecule has 8 heteroatoms. The molecule has 2 aliphatic rings. The molecule has 1 aromatic carbocycles. The van der Waals surface area contributed by atoms with Crippen LogP contribution in [-0.2, 0) is 0 Å². The van der Waals surface area contributed by atoms with Crippen LogP contribution >= 0.6 is 0 Å². The highest BCUT2D eigenvalue weighted by Crippen LogP contribution is 2.61. The Balaban J connectivity index is 1.35. The van der Waals surface area contributed by atoms with E-state index in [2.05, 4.69) is 15.9 Å². The van der Waals surface area contributed by atoms with E-state index in [1.807, 2.05) is 42.5 Å². The topological polar surface area (TPSA) is 91.2 Å². The second kappa shape index (κ2) is 9.05. The normalized spacial score (nSPS) is 19.0. The molecular weight excluding hydrogens is 426 g/mol. The lowest BCUT2D eigenvalue weighted by molar-refractivity contribution is 0.455. The fourth-order valence-corrected chi connectivity index (χ4v) is 5.40. The van der Waals surface area contributed by atoms with Crippen LogP contribution in [0.4, 0.5) is 15.9 Å². The van der Waals surface area contributed by atoms with E-state index >= 15 is 0 Å². The fourth-order valence-electron chi connectivity index (χ4n) is 5.40. The van der Waals surface area contributed by atoms with Crippen molar-refractivity contribution in [2.75, 3.05) is 37.4 Å². The summed E-state index contributed by atoms with van der Waals surface area (Å²) in [5.41, 5.74) is 11.1. The second-order valence-electron chi connectivity index (χ2n) is 9.54. The Bertz CT molecular complexity index is 1280. The first-order valence-corrected chi connectivity index (χ1v) is 11.9. The molecule has 1 atom stereocenters. The highest BCUT2D eigenvalue weighted by atomic mass is 19.1. The molecule has 0 radical (unpaired) electrons. The number of hydrogen-bond acceptors (Lipinski definition) is 6. The summed E-state index contributed by atoms with van der Waals surface area (Å²) in [6, 6.07) is 13.8. The van der Waals surface area contributed by atoms with Crippen molar-refractivity contribution in [3.8, 4) is 17.2 Å². The monoisotopic (exact) mass is 454 g/mol. The first kappa shape index (κ1) is 22.3. The summed E-state index contributed by atoms with van der Waals surface area (Å²) in [5, 5.41) is 9.75. The Hall–Kier alpha value is -3.47. The molecule has 1 unspecified atom stereocenters. The van der Waals surface area contributed by atoms with E-state index < -0.39 is 0 Å². The van der Waals surface area contributed by atoms with Crippen molar-refractivity contribution in [3.05, 3.63) is 48.0 Å². The number of aromatic nitrogens is 2. The van der Waals surface area contributed by atoms with Crippen molar-refractivity contribution < 1.29 is 4.39 Å². The molecule has 1 saturated carbocycles. The fraction of sp³-hybridized carbons (Fsp3) is 0.385. The third kappa shape index (κ3) is 4.11. The Morgan fingerprint density at radius 3 is 2.76 bits per heavy atom. The number of fused-ring (bicyclic) bond motifs is 1. The highest BCUT2D eigenvalue weighted by molar-refractivity contribution is 6.72. The third-order valence-electron chi connectivity index (χ3n) is 7.48. The molecule has 1 aliphatic heterocycles. The molecule has 2 N–H and O–H groups in total. The Kier molecular flexibility index (Phi) is 5.95. The number of hydrogen-bond donors (Lipinski definition) is 1. The number of benzene rings is 1. The molecule has 2 aromatic heterocycles. The molecule has 3 aromatic rings. The largest absolute Gasteiger partial charge is 0.398 e. The molecule has 0 spiro atoms. The zero-order chi connectivity index (χ0) is 23.7. The summed E-state index contributed by atoms with van der Waals surface area (Å²) < 4.78 is 13.1. The average Bonchev–Trinajstić information content (AvgIpc) is 3.46. The highest BCUT2D eigenvalue weighted by Gasteiger charge is 2.55. The molecule has 1 saturated heterocycles. The minimum Gasteiger partial charge on any atom is -0.398 e. The number of halogens is 1. The summed E-state index contributed by atoms with van der Waals surface area (Å²) in [6.45, 7) is 1.26. The molecule has 0 bridgehead atoms. The minimum absolute atomic E-state index is 0.0690. The number of alkyl halides is 1. The van der Waals surface area contributed by atoms with Crippen LogP contribution in [0.3, 0.4) is 0 Å². The van der Waals surface area contributed by atoms with Gasteiger partial charge in [-0.3, -0.25) is 9.38 Å². The first-order valence-electron chi connectivity index (χ1n) is 11.9. The van der Waals surface area contributed by atoms with Crippen molar-refractivity contribution in [3.63, 3.8) is 0 Å². The average molecular weight is 454 g/mol. The lowest BCUT2D eigenvalue weighted by atomic mass is 9.32. The van der Waals surface area contributed by atoms with Crippen molar-refractivity contribution in [2.24, 2.45) is 4.99 Å². The number of nitrogens with two attached hydrogens (primary N) is 1. The quantitative estimate of drug-likeness (QED) is 0.310. The predicted octanol–water partition coefficient (Wildman–Crippen LogP) is 4.96. The van der Waals surface area contributed by atoms with Crippen LogP contribution < -0.4 is 10.6 Å². The zero-order valence-electron chi connectivity index (χ0n) is 19.4. The third-order valence-corrected chi connectivity index (χ3v) is 7.48. The Morgan fingerprint density at radius 1 is 1.24 bits per heavy atom. The SMILES string of the molecule is CN=Cc1cc(-c2ccc3nc(N4CCC(B(C#N)C5(CCF)CC5)C4)ccc3n2)ccc1N. The van der Waals surface area contributed by atoms with E-state index in [0.29, 0.717) is 12.1 Å². The van der Waals surface area contributed by atoms with Crippen LogP contribution in [0, 0.1) is 11.2 Å². The maximum atomic E-state index is 13.1. The molecule has 6 nitrogen and oxygen atoms in total. The molecule has 5 rings (SSSR count).